The van der Waals surface area contributed by atoms with E-state index in [1.807, 2.05) is 0 Å². The van der Waals surface area contributed by atoms with Crippen molar-refractivity contribution in [1.82, 2.24) is 0 Å². The molecule has 1 atom stereocenters. The molecule has 0 amide bonds. The number of hydrogen-bond donors (Lipinski definition) is 0. The fourth-order valence-electron chi connectivity index (χ4n) is 0.710. The predicted molar refractivity (Wildman–Crippen MR) is 45.5 cm³/mol. The second kappa shape index (κ2) is 4.45. The van der Waals surface area contributed by atoms with Gasteiger partial charge in [0.1, 0.15) is 9.84 Å². The highest BCUT2D eigenvalue weighted by atomic mass is 32.2. The van der Waals surface area contributed by atoms with E-state index in [0.717, 1.165) is 6.26 Å². The van der Waals surface area contributed by atoms with Crippen LogP contribution >= 0.6 is 0 Å². The summed E-state index contributed by atoms with van der Waals surface area (Å²) in [5.74, 6) is -0.674. The molecule has 0 rings (SSSR count). The summed E-state index contributed by atoms with van der Waals surface area (Å²) in [6.45, 7) is 1.65. The number of esters is 1. The number of carbonyl (C=O) groups excluding carboxylic acids is 1. The van der Waals surface area contributed by atoms with E-state index in [-0.39, 0.29) is 17.6 Å². The van der Waals surface area contributed by atoms with Crippen molar-refractivity contribution in [2.75, 3.05) is 19.1 Å². The van der Waals surface area contributed by atoms with Gasteiger partial charge in [-0.15, -0.1) is 0 Å². The Morgan fingerprint density at radius 2 is 2.00 bits per heavy atom. The van der Waals surface area contributed by atoms with Crippen molar-refractivity contribution < 1.29 is 17.9 Å². The molecule has 12 heavy (non-hydrogen) atoms. The minimum absolute atomic E-state index is 0.0310. The maximum absolute atomic E-state index is 10.8. The summed E-state index contributed by atoms with van der Waals surface area (Å²) in [7, 11) is -1.68. The van der Waals surface area contributed by atoms with Crippen LogP contribution in [0.3, 0.4) is 0 Å². The quantitative estimate of drug-likeness (QED) is 0.601. The van der Waals surface area contributed by atoms with E-state index in [9.17, 15) is 13.2 Å². The third-order valence-corrected chi connectivity index (χ3v) is 2.50. The summed E-state index contributed by atoms with van der Waals surface area (Å²) in [5.41, 5.74) is 0. The van der Waals surface area contributed by atoms with Gasteiger partial charge < -0.3 is 4.74 Å². The van der Waals surface area contributed by atoms with E-state index >= 15 is 0 Å². The highest BCUT2D eigenvalue weighted by molar-refractivity contribution is 7.90. The van der Waals surface area contributed by atoms with Gasteiger partial charge in [0.05, 0.1) is 18.8 Å². The molecule has 0 aromatic rings. The Morgan fingerprint density at radius 1 is 1.50 bits per heavy atom. The van der Waals surface area contributed by atoms with Gasteiger partial charge in [-0.3, -0.25) is 4.79 Å². The van der Waals surface area contributed by atoms with Gasteiger partial charge in [-0.25, -0.2) is 8.42 Å². The standard InChI is InChI=1S/C7H14O4S/c1-6(7(8)11-2)4-5-12(3,9)10/h6H,4-5H2,1-3H3. The second-order valence-electron chi connectivity index (χ2n) is 2.84. The molecule has 0 spiro atoms. The van der Waals surface area contributed by atoms with Crippen molar-refractivity contribution in [3.63, 3.8) is 0 Å². The molecular weight excluding hydrogens is 180 g/mol. The topological polar surface area (TPSA) is 60.4 Å². The molecule has 5 heteroatoms. The molecule has 0 aliphatic rings. The van der Waals surface area contributed by atoms with Gasteiger partial charge >= 0.3 is 5.97 Å². The number of hydrogen-bond acceptors (Lipinski definition) is 4. The van der Waals surface area contributed by atoms with Crippen LogP contribution in [0, 0.1) is 5.92 Å². The molecule has 0 N–H and O–H groups in total. The zero-order valence-electron chi connectivity index (χ0n) is 7.53. The van der Waals surface area contributed by atoms with Gasteiger partial charge in [0.15, 0.2) is 0 Å². The first kappa shape index (κ1) is 11.4. The third kappa shape index (κ3) is 5.12. The summed E-state index contributed by atoms with van der Waals surface area (Å²) < 4.78 is 25.8. The van der Waals surface area contributed by atoms with Crippen LogP contribution in [0.4, 0.5) is 0 Å². The number of sulfone groups is 1. The van der Waals surface area contributed by atoms with Gasteiger partial charge in [-0.2, -0.15) is 0 Å². The molecular formula is C7H14O4S. The van der Waals surface area contributed by atoms with Crippen molar-refractivity contribution in [3.8, 4) is 0 Å². The maximum atomic E-state index is 10.8. The average Bonchev–Trinajstić information content (AvgIpc) is 1.97. The molecule has 72 valence electrons. The molecule has 0 aliphatic heterocycles. The third-order valence-electron chi connectivity index (χ3n) is 1.53. The van der Waals surface area contributed by atoms with Crippen molar-refractivity contribution in [1.29, 1.82) is 0 Å². The Kier molecular flexibility index (Phi) is 4.23. The summed E-state index contributed by atoms with van der Waals surface area (Å²) in [6.07, 6.45) is 1.47. The zero-order chi connectivity index (χ0) is 9.78. The Balaban J connectivity index is 3.88. The Bertz CT molecular complexity index is 242. The number of carbonyl (C=O) groups is 1. The summed E-state index contributed by atoms with van der Waals surface area (Å²) in [6, 6.07) is 0. The van der Waals surface area contributed by atoms with Crippen LogP contribution in [-0.2, 0) is 19.4 Å². The van der Waals surface area contributed by atoms with Crippen LogP contribution in [0.25, 0.3) is 0 Å². The maximum Gasteiger partial charge on any atom is 0.308 e. The van der Waals surface area contributed by atoms with Crippen LogP contribution in [0.15, 0.2) is 0 Å². The van der Waals surface area contributed by atoms with Gasteiger partial charge in [-0.05, 0) is 6.42 Å². The lowest BCUT2D eigenvalue weighted by Gasteiger charge is -2.06. The lowest BCUT2D eigenvalue weighted by atomic mass is 10.1. The first-order valence-corrected chi connectivity index (χ1v) is 5.68. The van der Waals surface area contributed by atoms with E-state index in [0.29, 0.717) is 6.42 Å². The minimum atomic E-state index is -2.97. The van der Waals surface area contributed by atoms with Crippen LogP contribution in [0.2, 0.25) is 0 Å². The number of rotatable bonds is 4. The van der Waals surface area contributed by atoms with Gasteiger partial charge in [0, 0.05) is 6.26 Å². The Labute approximate surface area is 72.8 Å². The first-order valence-electron chi connectivity index (χ1n) is 3.62. The second-order valence-corrected chi connectivity index (χ2v) is 5.10. The van der Waals surface area contributed by atoms with Crippen molar-refractivity contribution >= 4 is 15.8 Å². The predicted octanol–water partition coefficient (Wildman–Crippen LogP) is 0.230. The molecule has 0 heterocycles. The van der Waals surface area contributed by atoms with Gasteiger partial charge in [-0.1, -0.05) is 6.92 Å². The molecule has 0 bridgehead atoms. The van der Waals surface area contributed by atoms with Gasteiger partial charge in [0.2, 0.25) is 0 Å². The fraction of sp³-hybridized carbons (Fsp3) is 0.857. The molecule has 0 aromatic heterocycles. The largest absolute Gasteiger partial charge is 0.469 e. The lowest BCUT2D eigenvalue weighted by Crippen LogP contribution is -2.16. The van der Waals surface area contributed by atoms with Crippen molar-refractivity contribution in [3.05, 3.63) is 0 Å². The molecule has 1 unspecified atom stereocenters. The van der Waals surface area contributed by atoms with Crippen LogP contribution < -0.4 is 0 Å². The zero-order valence-corrected chi connectivity index (χ0v) is 8.35. The highest BCUT2D eigenvalue weighted by Gasteiger charge is 2.15. The SMILES string of the molecule is COC(=O)C(C)CCS(C)(=O)=O. The normalized spacial score (nSPS) is 13.9. The highest BCUT2D eigenvalue weighted by Crippen LogP contribution is 2.05. The van der Waals surface area contributed by atoms with Crippen LogP contribution in [-0.4, -0.2) is 33.5 Å². The summed E-state index contributed by atoms with van der Waals surface area (Å²) in [5, 5.41) is 0. The van der Waals surface area contributed by atoms with E-state index in [1.165, 1.54) is 7.11 Å². The molecule has 4 nitrogen and oxygen atoms in total. The lowest BCUT2D eigenvalue weighted by molar-refractivity contribution is -0.144. The monoisotopic (exact) mass is 194 g/mol. The summed E-state index contributed by atoms with van der Waals surface area (Å²) >= 11 is 0. The number of methoxy groups -OCH3 is 1. The molecule has 0 aliphatic carbocycles. The Hall–Kier alpha value is -0.580. The first-order chi connectivity index (χ1) is 5.37. The van der Waals surface area contributed by atoms with Crippen LogP contribution in [0.1, 0.15) is 13.3 Å². The average molecular weight is 194 g/mol. The molecule has 0 radical (unpaired) electrons. The van der Waals surface area contributed by atoms with Crippen LogP contribution in [0.5, 0.6) is 0 Å². The fourth-order valence-corrected chi connectivity index (χ4v) is 1.49. The molecule has 0 saturated carbocycles. The van der Waals surface area contributed by atoms with Crippen molar-refractivity contribution in [2.24, 2.45) is 5.92 Å². The minimum Gasteiger partial charge on any atom is -0.469 e. The van der Waals surface area contributed by atoms with E-state index in [4.69, 9.17) is 0 Å². The molecule has 0 aromatic carbocycles. The number of ether oxygens (including phenoxy) is 1. The summed E-state index contributed by atoms with van der Waals surface area (Å²) in [4.78, 5) is 10.8. The van der Waals surface area contributed by atoms with E-state index in [1.54, 1.807) is 6.92 Å². The smallest absolute Gasteiger partial charge is 0.308 e. The van der Waals surface area contributed by atoms with Crippen molar-refractivity contribution in [2.45, 2.75) is 13.3 Å². The van der Waals surface area contributed by atoms with E-state index in [2.05, 4.69) is 4.74 Å². The van der Waals surface area contributed by atoms with Gasteiger partial charge in [0.25, 0.3) is 0 Å². The molecule has 0 saturated heterocycles. The molecule has 0 fully saturated rings. The van der Waals surface area contributed by atoms with E-state index < -0.39 is 9.84 Å². The Morgan fingerprint density at radius 3 is 2.33 bits per heavy atom.